The smallest absolute Gasteiger partial charge is 0.358 e. The molecule has 0 atom stereocenters. The molecule has 0 bridgehead atoms. The highest BCUT2D eigenvalue weighted by Gasteiger charge is 2.18. The molecule has 0 fully saturated rings. The number of nitrogens with zero attached hydrogens (tertiary/aromatic N) is 1. The standard InChI is InChI=1S/C10H6BrNO3S/c11-7-4-5(6-2-1-3-16-6)9(13)8(12-7)10(14)15/h1-4,13H,(H,14,15). The molecule has 2 rings (SSSR count). The molecule has 0 aliphatic rings. The summed E-state index contributed by atoms with van der Waals surface area (Å²) >= 11 is 4.54. The molecule has 2 heterocycles. The van der Waals surface area contributed by atoms with Crippen LogP contribution in [-0.4, -0.2) is 21.2 Å². The Labute approximate surface area is 103 Å². The Morgan fingerprint density at radius 2 is 2.25 bits per heavy atom. The number of carbonyl (C=O) groups is 1. The van der Waals surface area contributed by atoms with Gasteiger partial charge in [0.15, 0.2) is 11.4 Å². The van der Waals surface area contributed by atoms with Gasteiger partial charge in [-0.3, -0.25) is 0 Å². The van der Waals surface area contributed by atoms with E-state index < -0.39 is 5.97 Å². The number of aromatic carboxylic acids is 1. The van der Waals surface area contributed by atoms with Crippen LogP contribution in [0.25, 0.3) is 10.4 Å². The van der Waals surface area contributed by atoms with E-state index in [0.29, 0.717) is 10.2 Å². The van der Waals surface area contributed by atoms with E-state index in [2.05, 4.69) is 20.9 Å². The van der Waals surface area contributed by atoms with Crippen LogP contribution in [-0.2, 0) is 0 Å². The highest BCUT2D eigenvalue weighted by molar-refractivity contribution is 9.10. The lowest BCUT2D eigenvalue weighted by atomic mass is 10.1. The van der Waals surface area contributed by atoms with E-state index in [-0.39, 0.29) is 11.4 Å². The highest BCUT2D eigenvalue weighted by Crippen LogP contribution is 2.35. The minimum atomic E-state index is -1.25. The minimum Gasteiger partial charge on any atom is -0.505 e. The third-order valence-electron chi connectivity index (χ3n) is 1.95. The van der Waals surface area contributed by atoms with Gasteiger partial charge in [-0.1, -0.05) is 6.07 Å². The summed E-state index contributed by atoms with van der Waals surface area (Å²) in [6.45, 7) is 0. The summed E-state index contributed by atoms with van der Waals surface area (Å²) in [6, 6.07) is 5.22. The van der Waals surface area contributed by atoms with Crippen LogP contribution in [0.3, 0.4) is 0 Å². The lowest BCUT2D eigenvalue weighted by Gasteiger charge is -2.05. The predicted octanol–water partition coefficient (Wildman–Crippen LogP) is 2.98. The van der Waals surface area contributed by atoms with Gasteiger partial charge in [0.2, 0.25) is 0 Å². The van der Waals surface area contributed by atoms with Crippen LogP contribution in [0.2, 0.25) is 0 Å². The van der Waals surface area contributed by atoms with Gasteiger partial charge in [0.05, 0.1) is 0 Å². The zero-order valence-electron chi connectivity index (χ0n) is 7.85. The molecule has 2 N–H and O–H groups in total. The molecule has 0 unspecified atom stereocenters. The fraction of sp³-hybridized carbons (Fsp3) is 0. The van der Waals surface area contributed by atoms with Crippen molar-refractivity contribution in [2.24, 2.45) is 0 Å². The Morgan fingerprint density at radius 3 is 2.81 bits per heavy atom. The maximum Gasteiger partial charge on any atom is 0.358 e. The summed E-state index contributed by atoms with van der Waals surface area (Å²) in [5, 5.41) is 20.5. The predicted molar refractivity (Wildman–Crippen MR) is 63.9 cm³/mol. The normalized spacial score (nSPS) is 10.3. The van der Waals surface area contributed by atoms with Crippen LogP contribution in [0.1, 0.15) is 10.5 Å². The summed E-state index contributed by atoms with van der Waals surface area (Å²) in [5.74, 6) is -1.56. The van der Waals surface area contributed by atoms with Crippen LogP contribution in [0.5, 0.6) is 5.75 Å². The first kappa shape index (κ1) is 11.1. The highest BCUT2D eigenvalue weighted by atomic mass is 79.9. The van der Waals surface area contributed by atoms with E-state index in [1.54, 1.807) is 12.1 Å². The SMILES string of the molecule is O=C(O)c1nc(Br)cc(-c2cccs2)c1O. The molecule has 2 aromatic heterocycles. The van der Waals surface area contributed by atoms with E-state index in [1.165, 1.54) is 11.3 Å². The van der Waals surface area contributed by atoms with Crippen molar-refractivity contribution >= 4 is 33.2 Å². The number of aromatic nitrogens is 1. The Kier molecular flexibility index (Phi) is 2.93. The van der Waals surface area contributed by atoms with Crippen LogP contribution in [0.15, 0.2) is 28.2 Å². The van der Waals surface area contributed by atoms with Crippen LogP contribution >= 0.6 is 27.3 Å². The van der Waals surface area contributed by atoms with Crippen molar-refractivity contribution in [3.8, 4) is 16.2 Å². The van der Waals surface area contributed by atoms with Crippen LogP contribution in [0.4, 0.5) is 0 Å². The fourth-order valence-corrected chi connectivity index (χ4v) is 2.43. The molecule has 6 heteroatoms. The first-order chi connectivity index (χ1) is 7.59. The van der Waals surface area contributed by atoms with Gasteiger partial charge in [-0.25, -0.2) is 9.78 Å². The third kappa shape index (κ3) is 1.94. The second-order valence-corrected chi connectivity index (χ2v) is 4.73. The maximum atomic E-state index is 10.9. The number of pyridine rings is 1. The number of halogens is 1. The zero-order valence-corrected chi connectivity index (χ0v) is 10.2. The molecule has 0 spiro atoms. The van der Waals surface area contributed by atoms with Crippen molar-refractivity contribution < 1.29 is 15.0 Å². The summed E-state index contributed by atoms with van der Waals surface area (Å²) < 4.78 is 0.381. The third-order valence-corrected chi connectivity index (χ3v) is 3.26. The molecule has 0 radical (unpaired) electrons. The maximum absolute atomic E-state index is 10.9. The first-order valence-corrected chi connectivity index (χ1v) is 5.93. The van der Waals surface area contributed by atoms with Gasteiger partial charge in [-0.15, -0.1) is 11.3 Å². The van der Waals surface area contributed by atoms with Crippen molar-refractivity contribution in [2.45, 2.75) is 0 Å². The Morgan fingerprint density at radius 1 is 1.50 bits per heavy atom. The molecule has 16 heavy (non-hydrogen) atoms. The largest absolute Gasteiger partial charge is 0.505 e. The molecule has 0 aliphatic carbocycles. The van der Waals surface area contributed by atoms with Crippen molar-refractivity contribution in [3.63, 3.8) is 0 Å². The van der Waals surface area contributed by atoms with E-state index in [4.69, 9.17) is 5.11 Å². The lowest BCUT2D eigenvalue weighted by Crippen LogP contribution is -2.01. The van der Waals surface area contributed by atoms with Crippen LogP contribution in [0, 0.1) is 0 Å². The topological polar surface area (TPSA) is 70.4 Å². The lowest BCUT2D eigenvalue weighted by molar-refractivity contribution is 0.0687. The first-order valence-electron chi connectivity index (χ1n) is 4.26. The fourth-order valence-electron chi connectivity index (χ4n) is 1.28. The summed E-state index contributed by atoms with van der Waals surface area (Å²) in [4.78, 5) is 15.4. The number of hydrogen-bond donors (Lipinski definition) is 2. The van der Waals surface area contributed by atoms with Gasteiger partial charge in [-0.2, -0.15) is 0 Å². The number of hydrogen-bond acceptors (Lipinski definition) is 4. The quantitative estimate of drug-likeness (QED) is 0.836. The molecule has 0 amide bonds. The van der Waals surface area contributed by atoms with Crippen molar-refractivity contribution in [3.05, 3.63) is 33.9 Å². The van der Waals surface area contributed by atoms with Crippen molar-refractivity contribution in [2.75, 3.05) is 0 Å². The van der Waals surface area contributed by atoms with E-state index in [1.807, 2.05) is 11.4 Å². The van der Waals surface area contributed by atoms with Gasteiger partial charge in [0.25, 0.3) is 0 Å². The van der Waals surface area contributed by atoms with Gasteiger partial charge >= 0.3 is 5.97 Å². The second kappa shape index (κ2) is 4.23. The zero-order chi connectivity index (χ0) is 11.7. The van der Waals surface area contributed by atoms with Crippen molar-refractivity contribution in [1.82, 2.24) is 4.98 Å². The molecule has 0 saturated heterocycles. The Hall–Kier alpha value is -1.40. The molecule has 0 saturated carbocycles. The average molecular weight is 300 g/mol. The molecule has 82 valence electrons. The number of carboxylic acid groups (broad SMARTS) is 1. The van der Waals surface area contributed by atoms with Gasteiger partial charge in [0, 0.05) is 10.4 Å². The van der Waals surface area contributed by atoms with Gasteiger partial charge in [-0.05, 0) is 33.4 Å². The molecular weight excluding hydrogens is 294 g/mol. The number of rotatable bonds is 2. The van der Waals surface area contributed by atoms with Gasteiger partial charge < -0.3 is 10.2 Å². The average Bonchev–Trinajstić information content (AvgIpc) is 2.73. The number of aromatic hydroxyl groups is 1. The van der Waals surface area contributed by atoms with E-state index in [9.17, 15) is 9.90 Å². The Balaban J connectivity index is 2.67. The second-order valence-electron chi connectivity index (χ2n) is 2.97. The number of carboxylic acids is 1. The van der Waals surface area contributed by atoms with E-state index in [0.717, 1.165) is 4.88 Å². The Bertz CT molecular complexity index is 539. The van der Waals surface area contributed by atoms with Gasteiger partial charge in [0.1, 0.15) is 4.60 Å². The molecule has 0 aromatic carbocycles. The number of thiophene rings is 1. The molecular formula is C10H6BrNO3S. The summed E-state index contributed by atoms with van der Waals surface area (Å²) in [6.07, 6.45) is 0. The summed E-state index contributed by atoms with van der Waals surface area (Å²) in [7, 11) is 0. The van der Waals surface area contributed by atoms with Crippen LogP contribution < -0.4 is 0 Å². The molecule has 2 aromatic rings. The molecule has 4 nitrogen and oxygen atoms in total. The van der Waals surface area contributed by atoms with Crippen molar-refractivity contribution in [1.29, 1.82) is 0 Å². The minimum absolute atomic E-state index is 0.307. The molecule has 0 aliphatic heterocycles. The summed E-state index contributed by atoms with van der Waals surface area (Å²) in [5.41, 5.74) is 0.118. The monoisotopic (exact) mass is 299 g/mol. The van der Waals surface area contributed by atoms with E-state index >= 15 is 0 Å².